The quantitative estimate of drug-likeness (QED) is 0.780. The molecule has 18 heavy (non-hydrogen) atoms. The van der Waals surface area contributed by atoms with Gasteiger partial charge in [-0.2, -0.15) is 0 Å². The molecule has 0 fully saturated rings. The van der Waals surface area contributed by atoms with Gasteiger partial charge in [0.1, 0.15) is 0 Å². The maximum Gasteiger partial charge on any atom is 0.305 e. The van der Waals surface area contributed by atoms with Gasteiger partial charge in [0.2, 0.25) is 0 Å². The molecule has 0 amide bonds. The number of carbonyl (C=O) groups is 1. The zero-order valence-corrected chi connectivity index (χ0v) is 11.4. The van der Waals surface area contributed by atoms with Gasteiger partial charge in [0.25, 0.3) is 0 Å². The Morgan fingerprint density at radius 3 is 2.44 bits per heavy atom. The Hall–Kier alpha value is -1.35. The molecule has 0 aliphatic rings. The van der Waals surface area contributed by atoms with Crippen LogP contribution < -0.4 is 5.32 Å². The Bertz CT molecular complexity index is 373. The van der Waals surface area contributed by atoms with E-state index in [-0.39, 0.29) is 17.9 Å². The van der Waals surface area contributed by atoms with Crippen molar-refractivity contribution in [2.24, 2.45) is 5.41 Å². The molecule has 0 saturated carbocycles. The molecule has 1 rings (SSSR count). The highest BCUT2D eigenvalue weighted by Gasteiger charge is 2.20. The van der Waals surface area contributed by atoms with E-state index in [0.29, 0.717) is 0 Å². The first kappa shape index (κ1) is 14.7. The van der Waals surface area contributed by atoms with Crippen LogP contribution >= 0.6 is 0 Å². The van der Waals surface area contributed by atoms with E-state index in [2.05, 4.69) is 26.1 Å². The van der Waals surface area contributed by atoms with E-state index in [4.69, 9.17) is 5.11 Å². The molecular formula is C15H23NO2. The summed E-state index contributed by atoms with van der Waals surface area (Å²) in [6.45, 7) is 7.33. The van der Waals surface area contributed by atoms with E-state index in [1.807, 2.05) is 30.3 Å². The lowest BCUT2D eigenvalue weighted by molar-refractivity contribution is -0.137. The summed E-state index contributed by atoms with van der Waals surface area (Å²) in [7, 11) is 0. The molecular weight excluding hydrogens is 226 g/mol. The molecule has 0 unspecified atom stereocenters. The van der Waals surface area contributed by atoms with E-state index in [1.54, 1.807) is 0 Å². The van der Waals surface area contributed by atoms with Crippen molar-refractivity contribution in [1.29, 1.82) is 0 Å². The molecule has 2 N–H and O–H groups in total. The van der Waals surface area contributed by atoms with E-state index in [9.17, 15) is 4.79 Å². The van der Waals surface area contributed by atoms with Gasteiger partial charge in [-0.05, 0) is 17.4 Å². The fraction of sp³-hybridized carbons (Fsp3) is 0.533. The number of aliphatic carboxylic acids is 1. The molecule has 0 radical (unpaired) electrons. The van der Waals surface area contributed by atoms with Crippen LogP contribution in [0.15, 0.2) is 30.3 Å². The van der Waals surface area contributed by atoms with Crippen molar-refractivity contribution in [2.75, 3.05) is 6.54 Å². The van der Waals surface area contributed by atoms with Crippen LogP contribution in [0, 0.1) is 5.41 Å². The molecule has 0 heterocycles. The zero-order valence-electron chi connectivity index (χ0n) is 11.4. The van der Waals surface area contributed by atoms with Crippen molar-refractivity contribution < 1.29 is 9.90 Å². The minimum atomic E-state index is -0.773. The van der Waals surface area contributed by atoms with Crippen LogP contribution in [0.2, 0.25) is 0 Å². The molecule has 0 aliphatic heterocycles. The monoisotopic (exact) mass is 249 g/mol. The third kappa shape index (κ3) is 4.88. The molecule has 0 saturated heterocycles. The zero-order chi connectivity index (χ0) is 13.6. The predicted octanol–water partition coefficient (Wildman–Crippen LogP) is 3.23. The average molecular weight is 249 g/mol. The van der Waals surface area contributed by atoms with Crippen molar-refractivity contribution in [2.45, 2.75) is 39.7 Å². The Morgan fingerprint density at radius 1 is 1.33 bits per heavy atom. The molecule has 3 nitrogen and oxygen atoms in total. The summed E-state index contributed by atoms with van der Waals surface area (Å²) in [6, 6.07) is 9.65. The minimum absolute atomic E-state index is 0.115. The van der Waals surface area contributed by atoms with Crippen molar-refractivity contribution in [1.82, 2.24) is 5.32 Å². The summed E-state index contributed by atoms with van der Waals surface area (Å²) in [5, 5.41) is 12.4. The van der Waals surface area contributed by atoms with Gasteiger partial charge < -0.3 is 10.4 Å². The van der Waals surface area contributed by atoms with Gasteiger partial charge in [0.15, 0.2) is 0 Å². The molecule has 1 aromatic rings. The van der Waals surface area contributed by atoms with Crippen molar-refractivity contribution in [3.05, 3.63) is 35.9 Å². The van der Waals surface area contributed by atoms with Gasteiger partial charge in [-0.3, -0.25) is 4.79 Å². The summed E-state index contributed by atoms with van der Waals surface area (Å²) in [6.07, 6.45) is 1.18. The highest BCUT2D eigenvalue weighted by molar-refractivity contribution is 5.67. The molecule has 0 bridgehead atoms. The summed E-state index contributed by atoms with van der Waals surface area (Å²) in [5.41, 5.74) is 1.22. The number of rotatable bonds is 7. The van der Waals surface area contributed by atoms with E-state index in [1.165, 1.54) is 0 Å². The topological polar surface area (TPSA) is 49.3 Å². The number of hydrogen-bond acceptors (Lipinski definition) is 2. The van der Waals surface area contributed by atoms with Crippen molar-refractivity contribution in [3.8, 4) is 0 Å². The van der Waals surface area contributed by atoms with Gasteiger partial charge in [0.05, 0.1) is 6.42 Å². The number of benzene rings is 1. The van der Waals surface area contributed by atoms with E-state index >= 15 is 0 Å². The SMILES string of the molecule is CCC(C)(C)CN[C@@H](CC(=O)O)c1ccccc1. The third-order valence-electron chi connectivity index (χ3n) is 3.36. The Labute approximate surface area is 109 Å². The summed E-state index contributed by atoms with van der Waals surface area (Å²) in [4.78, 5) is 10.9. The highest BCUT2D eigenvalue weighted by atomic mass is 16.4. The first-order valence-corrected chi connectivity index (χ1v) is 6.45. The van der Waals surface area contributed by atoms with Gasteiger partial charge in [-0.15, -0.1) is 0 Å². The Kier molecular flexibility index (Phi) is 5.35. The van der Waals surface area contributed by atoms with E-state index in [0.717, 1.165) is 18.5 Å². The second-order valence-electron chi connectivity index (χ2n) is 5.46. The average Bonchev–Trinajstić information content (AvgIpc) is 2.35. The number of nitrogens with one attached hydrogen (secondary N) is 1. The van der Waals surface area contributed by atoms with E-state index < -0.39 is 5.97 Å². The van der Waals surface area contributed by atoms with Crippen LogP contribution in [-0.4, -0.2) is 17.6 Å². The normalized spacial score (nSPS) is 13.3. The van der Waals surface area contributed by atoms with Gasteiger partial charge in [-0.25, -0.2) is 0 Å². The van der Waals surface area contributed by atoms with Gasteiger partial charge in [-0.1, -0.05) is 51.1 Å². The number of carboxylic acids is 1. The highest BCUT2D eigenvalue weighted by Crippen LogP contribution is 2.22. The second kappa shape index (κ2) is 6.55. The molecule has 1 aromatic carbocycles. The van der Waals surface area contributed by atoms with Crippen molar-refractivity contribution in [3.63, 3.8) is 0 Å². The summed E-state index contributed by atoms with van der Waals surface area (Å²) >= 11 is 0. The van der Waals surface area contributed by atoms with Crippen LogP contribution in [0.25, 0.3) is 0 Å². The molecule has 3 heteroatoms. The second-order valence-corrected chi connectivity index (χ2v) is 5.46. The lowest BCUT2D eigenvalue weighted by Gasteiger charge is -2.27. The lowest BCUT2D eigenvalue weighted by Crippen LogP contribution is -2.33. The van der Waals surface area contributed by atoms with Crippen LogP contribution in [-0.2, 0) is 4.79 Å². The predicted molar refractivity (Wildman–Crippen MR) is 73.5 cm³/mol. The van der Waals surface area contributed by atoms with Gasteiger partial charge >= 0.3 is 5.97 Å². The Morgan fingerprint density at radius 2 is 1.94 bits per heavy atom. The molecule has 1 atom stereocenters. The van der Waals surface area contributed by atoms with Crippen molar-refractivity contribution >= 4 is 5.97 Å². The fourth-order valence-electron chi connectivity index (χ4n) is 1.69. The van der Waals surface area contributed by atoms with Gasteiger partial charge in [0, 0.05) is 12.6 Å². The standard InChI is InChI=1S/C15H23NO2/c1-4-15(2,3)11-16-13(10-14(17)18)12-8-6-5-7-9-12/h5-9,13,16H,4,10-11H2,1-3H3,(H,17,18)/t13-/m0/s1. The lowest BCUT2D eigenvalue weighted by atomic mass is 9.89. The van der Waals surface area contributed by atoms with Crippen LogP contribution in [0.5, 0.6) is 0 Å². The maximum absolute atomic E-state index is 10.9. The van der Waals surface area contributed by atoms with Crippen LogP contribution in [0.4, 0.5) is 0 Å². The fourth-order valence-corrected chi connectivity index (χ4v) is 1.69. The van der Waals surface area contributed by atoms with Crippen LogP contribution in [0.3, 0.4) is 0 Å². The third-order valence-corrected chi connectivity index (χ3v) is 3.36. The smallest absolute Gasteiger partial charge is 0.305 e. The van der Waals surface area contributed by atoms with Crippen LogP contribution in [0.1, 0.15) is 45.2 Å². The minimum Gasteiger partial charge on any atom is -0.481 e. The molecule has 0 aliphatic carbocycles. The summed E-state index contributed by atoms with van der Waals surface area (Å²) in [5.74, 6) is -0.773. The molecule has 0 aromatic heterocycles. The number of carboxylic acid groups (broad SMARTS) is 1. The molecule has 0 spiro atoms. The molecule has 100 valence electrons. The first-order chi connectivity index (χ1) is 8.44. The largest absolute Gasteiger partial charge is 0.481 e. The Balaban J connectivity index is 2.71. The first-order valence-electron chi connectivity index (χ1n) is 6.45. The summed E-state index contributed by atoms with van der Waals surface area (Å²) < 4.78 is 0. The number of hydrogen-bond donors (Lipinski definition) is 2. The maximum atomic E-state index is 10.9.